The zero-order valence-electron chi connectivity index (χ0n) is 9.81. The van der Waals surface area contributed by atoms with Gasteiger partial charge in [-0.15, -0.1) is 0 Å². The molecule has 92 valence electrons. The largest absolute Gasteiger partial charge is 0.384 e. The van der Waals surface area contributed by atoms with Crippen molar-refractivity contribution in [3.05, 3.63) is 46.7 Å². The molecule has 1 heterocycles. The van der Waals surface area contributed by atoms with Gasteiger partial charge in [-0.2, -0.15) is 10.4 Å². The molecule has 1 aromatic carbocycles. The molecule has 1 aromatic heterocycles. The van der Waals surface area contributed by atoms with E-state index in [9.17, 15) is 0 Å². The highest BCUT2D eigenvalue weighted by Crippen LogP contribution is 2.23. The fourth-order valence-corrected chi connectivity index (χ4v) is 2.14. The van der Waals surface area contributed by atoms with Gasteiger partial charge in [-0.3, -0.25) is 4.68 Å². The van der Waals surface area contributed by atoms with Gasteiger partial charge >= 0.3 is 0 Å². The maximum atomic E-state index is 8.77. The van der Waals surface area contributed by atoms with Crippen molar-refractivity contribution in [1.82, 2.24) is 9.78 Å². The third-order valence-corrected chi connectivity index (χ3v) is 3.19. The van der Waals surface area contributed by atoms with Crippen molar-refractivity contribution < 1.29 is 0 Å². The first-order chi connectivity index (χ1) is 8.79. The lowest BCUT2D eigenvalue weighted by Crippen LogP contribution is -2.07. The van der Waals surface area contributed by atoms with Crippen molar-refractivity contribution in [2.24, 2.45) is 0 Å². The molecule has 0 bridgehead atoms. The number of benzene rings is 1. The summed E-state index contributed by atoms with van der Waals surface area (Å²) in [4.78, 5) is 0. The number of hydrogen-bond acceptors (Lipinski definition) is 3. The minimum atomic E-state index is 0.656. The van der Waals surface area contributed by atoms with E-state index in [-0.39, 0.29) is 0 Å². The lowest BCUT2D eigenvalue weighted by atomic mass is 10.2. The van der Waals surface area contributed by atoms with Crippen LogP contribution in [0.1, 0.15) is 12.0 Å². The molecule has 0 radical (unpaired) electrons. The fraction of sp³-hybridized carbons (Fsp3) is 0.231. The Balaban J connectivity index is 1.82. The maximum absolute atomic E-state index is 8.77. The Labute approximate surface area is 114 Å². The number of hydrogen-bond donors (Lipinski definition) is 1. The summed E-state index contributed by atoms with van der Waals surface area (Å²) in [5, 5.41) is 16.2. The second-order valence-corrected chi connectivity index (χ2v) is 4.71. The van der Waals surface area contributed by atoms with E-state index >= 15 is 0 Å². The number of anilines is 1. The molecular weight excluding hydrogens is 292 g/mol. The minimum absolute atomic E-state index is 0.656. The molecule has 0 unspecified atom stereocenters. The van der Waals surface area contributed by atoms with Gasteiger partial charge in [-0.1, -0.05) is 0 Å². The van der Waals surface area contributed by atoms with Gasteiger partial charge in [0, 0.05) is 35.6 Å². The summed E-state index contributed by atoms with van der Waals surface area (Å²) in [6.07, 6.45) is 4.73. The molecule has 0 spiro atoms. The fourth-order valence-electron chi connectivity index (χ4n) is 1.62. The molecule has 0 aliphatic rings. The predicted molar refractivity (Wildman–Crippen MR) is 74.2 cm³/mol. The molecule has 1 N–H and O–H groups in total. The highest BCUT2D eigenvalue weighted by molar-refractivity contribution is 9.10. The van der Waals surface area contributed by atoms with Gasteiger partial charge in [-0.25, -0.2) is 0 Å². The van der Waals surface area contributed by atoms with Crippen LogP contribution in [0.5, 0.6) is 0 Å². The monoisotopic (exact) mass is 304 g/mol. The van der Waals surface area contributed by atoms with Crippen molar-refractivity contribution in [2.75, 3.05) is 11.9 Å². The van der Waals surface area contributed by atoms with Crippen molar-refractivity contribution in [2.45, 2.75) is 13.0 Å². The number of halogens is 1. The molecule has 0 atom stereocenters. The average molecular weight is 305 g/mol. The molecule has 0 saturated heterocycles. The van der Waals surface area contributed by atoms with Gasteiger partial charge in [0.2, 0.25) is 0 Å². The number of aromatic nitrogens is 2. The normalized spacial score (nSPS) is 10.0. The van der Waals surface area contributed by atoms with Crippen molar-refractivity contribution in [3.8, 4) is 6.07 Å². The van der Waals surface area contributed by atoms with E-state index in [0.717, 1.165) is 29.7 Å². The second-order valence-electron chi connectivity index (χ2n) is 3.86. The molecule has 0 aliphatic carbocycles. The average Bonchev–Trinajstić information content (AvgIpc) is 2.89. The van der Waals surface area contributed by atoms with Crippen LogP contribution in [0.25, 0.3) is 0 Å². The van der Waals surface area contributed by atoms with Crippen molar-refractivity contribution >= 4 is 21.6 Å². The van der Waals surface area contributed by atoms with E-state index in [2.05, 4.69) is 32.4 Å². The minimum Gasteiger partial charge on any atom is -0.384 e. The lowest BCUT2D eigenvalue weighted by molar-refractivity contribution is 0.592. The topological polar surface area (TPSA) is 53.6 Å². The van der Waals surface area contributed by atoms with Gasteiger partial charge in [0.25, 0.3) is 0 Å². The van der Waals surface area contributed by atoms with E-state index in [4.69, 9.17) is 5.26 Å². The zero-order valence-corrected chi connectivity index (χ0v) is 11.4. The summed E-state index contributed by atoms with van der Waals surface area (Å²) in [5.74, 6) is 0. The van der Waals surface area contributed by atoms with Crippen LogP contribution >= 0.6 is 15.9 Å². The molecule has 18 heavy (non-hydrogen) atoms. The highest BCUT2D eigenvalue weighted by Gasteiger charge is 2.00. The standard InChI is InChI=1S/C13H13BrN4/c14-12-9-11(10-15)3-4-13(12)16-5-1-7-18-8-2-6-17-18/h2-4,6,8-9,16H,1,5,7H2. The van der Waals surface area contributed by atoms with Crippen LogP contribution in [0.3, 0.4) is 0 Å². The van der Waals surface area contributed by atoms with Crippen LogP contribution in [-0.4, -0.2) is 16.3 Å². The van der Waals surface area contributed by atoms with Gasteiger partial charge in [-0.05, 0) is 46.6 Å². The second kappa shape index (κ2) is 6.22. The smallest absolute Gasteiger partial charge is 0.0992 e. The van der Waals surface area contributed by atoms with E-state index < -0.39 is 0 Å². The third-order valence-electron chi connectivity index (χ3n) is 2.54. The third kappa shape index (κ3) is 3.34. The van der Waals surface area contributed by atoms with Gasteiger partial charge in [0.1, 0.15) is 0 Å². The molecule has 4 nitrogen and oxygen atoms in total. The molecule has 2 aromatic rings. The van der Waals surface area contributed by atoms with Crippen molar-refractivity contribution in [1.29, 1.82) is 5.26 Å². The Morgan fingerprint density at radius 1 is 1.44 bits per heavy atom. The number of nitriles is 1. The summed E-state index contributed by atoms with van der Waals surface area (Å²) < 4.78 is 2.83. The number of aryl methyl sites for hydroxylation is 1. The quantitative estimate of drug-likeness (QED) is 0.864. The first-order valence-corrected chi connectivity index (χ1v) is 6.50. The van der Waals surface area contributed by atoms with Gasteiger partial charge < -0.3 is 5.32 Å². The first-order valence-electron chi connectivity index (χ1n) is 5.70. The van der Waals surface area contributed by atoms with Crippen LogP contribution in [0, 0.1) is 11.3 Å². The summed E-state index contributed by atoms with van der Waals surface area (Å²) in [6.45, 7) is 1.76. The van der Waals surface area contributed by atoms with E-state index in [0.29, 0.717) is 5.56 Å². The molecule has 0 fully saturated rings. The molecule has 5 heteroatoms. The Morgan fingerprint density at radius 2 is 2.33 bits per heavy atom. The SMILES string of the molecule is N#Cc1ccc(NCCCn2cccn2)c(Br)c1. The molecular formula is C13H13BrN4. The van der Waals surface area contributed by atoms with Gasteiger partial charge in [0.15, 0.2) is 0 Å². The Morgan fingerprint density at radius 3 is 3.00 bits per heavy atom. The summed E-state index contributed by atoms with van der Waals surface area (Å²) in [6, 6.07) is 9.57. The molecule has 0 aliphatic heterocycles. The van der Waals surface area contributed by atoms with Crippen LogP contribution in [0.2, 0.25) is 0 Å². The van der Waals surface area contributed by atoms with Crippen LogP contribution in [0.15, 0.2) is 41.1 Å². The Hall–Kier alpha value is -1.80. The van der Waals surface area contributed by atoms with Crippen molar-refractivity contribution in [3.63, 3.8) is 0 Å². The zero-order chi connectivity index (χ0) is 12.8. The first kappa shape index (κ1) is 12.7. The van der Waals surface area contributed by atoms with E-state index in [1.54, 1.807) is 12.3 Å². The number of rotatable bonds is 5. The van der Waals surface area contributed by atoms with Crippen LogP contribution in [0.4, 0.5) is 5.69 Å². The molecule has 2 rings (SSSR count). The molecule has 0 amide bonds. The number of nitrogens with zero attached hydrogens (tertiary/aromatic N) is 3. The number of nitrogens with one attached hydrogen (secondary N) is 1. The maximum Gasteiger partial charge on any atom is 0.0992 e. The Kier molecular flexibility index (Phi) is 4.37. The summed E-state index contributed by atoms with van der Waals surface area (Å²) in [5.41, 5.74) is 1.67. The van der Waals surface area contributed by atoms with E-state index in [1.807, 2.05) is 29.1 Å². The summed E-state index contributed by atoms with van der Waals surface area (Å²) in [7, 11) is 0. The Bertz CT molecular complexity index is 543. The van der Waals surface area contributed by atoms with Crippen LogP contribution in [-0.2, 0) is 6.54 Å². The predicted octanol–water partition coefficient (Wildman–Crippen LogP) is 3.02. The lowest BCUT2D eigenvalue weighted by Gasteiger charge is -2.08. The van der Waals surface area contributed by atoms with E-state index in [1.165, 1.54) is 0 Å². The molecule has 0 saturated carbocycles. The van der Waals surface area contributed by atoms with Gasteiger partial charge in [0.05, 0.1) is 11.6 Å². The highest BCUT2D eigenvalue weighted by atomic mass is 79.9. The summed E-state index contributed by atoms with van der Waals surface area (Å²) >= 11 is 3.45. The van der Waals surface area contributed by atoms with Crippen LogP contribution < -0.4 is 5.32 Å².